The Bertz CT molecular complexity index is 668. The van der Waals surface area contributed by atoms with Crippen molar-refractivity contribution in [1.82, 2.24) is 0 Å². The van der Waals surface area contributed by atoms with E-state index in [1.54, 1.807) is 11.9 Å². The van der Waals surface area contributed by atoms with Crippen molar-refractivity contribution < 1.29 is 9.90 Å². The van der Waals surface area contributed by atoms with E-state index in [1.165, 1.54) is 11.3 Å². The molecule has 5 heteroatoms. The Hall–Kier alpha value is -1.17. The molecule has 2 heterocycles. The van der Waals surface area contributed by atoms with Crippen LogP contribution in [0.15, 0.2) is 34.1 Å². The summed E-state index contributed by atoms with van der Waals surface area (Å²) in [7, 11) is 1.80. The second kappa shape index (κ2) is 5.31. The molecule has 3 rings (SSSR count). The number of fused-ring (bicyclic) bond motifs is 1. The van der Waals surface area contributed by atoms with Gasteiger partial charge in [0.25, 0.3) is 0 Å². The fraction of sp³-hybridized carbons (Fsp3) is 0.267. The Kier molecular flexibility index (Phi) is 3.67. The van der Waals surface area contributed by atoms with E-state index in [4.69, 9.17) is 0 Å². The van der Waals surface area contributed by atoms with E-state index in [0.29, 0.717) is 6.42 Å². The molecule has 104 valence electrons. The summed E-state index contributed by atoms with van der Waals surface area (Å²) in [5.41, 5.74) is 2.94. The Labute approximate surface area is 130 Å². The number of hydrogen-bond donors (Lipinski definition) is 1. The van der Waals surface area contributed by atoms with Gasteiger partial charge in [-0.1, -0.05) is 12.1 Å². The van der Waals surface area contributed by atoms with E-state index in [9.17, 15) is 9.90 Å². The van der Waals surface area contributed by atoms with Gasteiger partial charge in [0.1, 0.15) is 6.10 Å². The van der Waals surface area contributed by atoms with Gasteiger partial charge < -0.3 is 10.0 Å². The van der Waals surface area contributed by atoms with Crippen molar-refractivity contribution in [2.45, 2.75) is 18.9 Å². The van der Waals surface area contributed by atoms with Gasteiger partial charge in [0.2, 0.25) is 5.91 Å². The van der Waals surface area contributed by atoms with Gasteiger partial charge in [0.05, 0.1) is 4.88 Å². The maximum Gasteiger partial charge on any atom is 0.227 e. The van der Waals surface area contributed by atoms with Crippen LogP contribution in [0.25, 0.3) is 0 Å². The maximum absolute atomic E-state index is 11.7. The number of amides is 1. The molecule has 1 N–H and O–H groups in total. The third-order valence-electron chi connectivity index (χ3n) is 3.66. The molecule has 2 aromatic rings. The summed E-state index contributed by atoms with van der Waals surface area (Å²) in [6, 6.07) is 7.76. The van der Waals surface area contributed by atoms with Crippen molar-refractivity contribution >= 4 is 38.9 Å². The van der Waals surface area contributed by atoms with Crippen LogP contribution in [0.3, 0.4) is 0 Å². The molecular weight excluding hydrogens is 338 g/mol. The summed E-state index contributed by atoms with van der Waals surface area (Å²) in [6.45, 7) is 0. The average Bonchev–Trinajstić information content (AvgIpc) is 2.88. The summed E-state index contributed by atoms with van der Waals surface area (Å²) in [5.74, 6) is 0.145. The number of nitrogens with zero attached hydrogens (tertiary/aromatic N) is 1. The molecule has 0 aliphatic carbocycles. The molecule has 1 unspecified atom stereocenters. The summed E-state index contributed by atoms with van der Waals surface area (Å²) < 4.78 is 0.931. The van der Waals surface area contributed by atoms with Crippen molar-refractivity contribution in [3.8, 4) is 0 Å². The van der Waals surface area contributed by atoms with Crippen LogP contribution < -0.4 is 4.90 Å². The third-order valence-corrected chi connectivity index (χ3v) is 5.58. The lowest BCUT2D eigenvalue weighted by Crippen LogP contribution is -2.31. The van der Waals surface area contributed by atoms with Crippen LogP contribution in [-0.4, -0.2) is 18.1 Å². The van der Waals surface area contributed by atoms with Gasteiger partial charge in [-0.25, -0.2) is 0 Å². The van der Waals surface area contributed by atoms with Gasteiger partial charge in [-0.05, 0) is 51.0 Å². The Morgan fingerprint density at radius 1 is 1.35 bits per heavy atom. The first kappa shape index (κ1) is 13.8. The van der Waals surface area contributed by atoms with Crippen LogP contribution in [0.2, 0.25) is 0 Å². The Balaban J connectivity index is 1.97. The molecule has 0 bridgehead atoms. The monoisotopic (exact) mass is 351 g/mol. The zero-order valence-corrected chi connectivity index (χ0v) is 13.4. The molecule has 0 spiro atoms. The minimum atomic E-state index is -0.627. The molecule has 1 aliphatic heterocycles. The number of halogens is 1. The Morgan fingerprint density at radius 2 is 2.15 bits per heavy atom. The first-order valence-electron chi connectivity index (χ1n) is 6.38. The van der Waals surface area contributed by atoms with Crippen molar-refractivity contribution in [3.63, 3.8) is 0 Å². The standard InChI is InChI=1S/C15H14BrNO2S/c1-17-12-4-2-10(8-9(12)3-5-13(17)18)14(19)15-11(16)6-7-20-15/h2,4,6-8,14,19H,3,5H2,1H3. The highest BCUT2D eigenvalue weighted by Gasteiger charge is 2.23. The van der Waals surface area contributed by atoms with Crippen LogP contribution in [-0.2, 0) is 11.2 Å². The number of aryl methyl sites for hydroxylation is 1. The highest BCUT2D eigenvalue weighted by molar-refractivity contribution is 9.10. The lowest BCUT2D eigenvalue weighted by Gasteiger charge is -2.26. The average molecular weight is 352 g/mol. The predicted molar refractivity (Wildman–Crippen MR) is 84.3 cm³/mol. The molecular formula is C15H14BrNO2S. The molecule has 0 saturated carbocycles. The number of rotatable bonds is 2. The van der Waals surface area contributed by atoms with Crippen LogP contribution in [0.5, 0.6) is 0 Å². The zero-order chi connectivity index (χ0) is 14.3. The number of carbonyl (C=O) groups excluding carboxylic acids is 1. The Morgan fingerprint density at radius 3 is 2.85 bits per heavy atom. The first-order valence-corrected chi connectivity index (χ1v) is 8.05. The van der Waals surface area contributed by atoms with E-state index < -0.39 is 6.10 Å². The first-order chi connectivity index (χ1) is 9.58. The molecule has 1 atom stereocenters. The van der Waals surface area contributed by atoms with E-state index >= 15 is 0 Å². The summed E-state index contributed by atoms with van der Waals surface area (Å²) in [6.07, 6.45) is 0.647. The van der Waals surface area contributed by atoms with Crippen LogP contribution in [0.1, 0.15) is 28.5 Å². The van der Waals surface area contributed by atoms with Crippen LogP contribution in [0.4, 0.5) is 5.69 Å². The molecule has 1 aromatic carbocycles. The normalized spacial score (nSPS) is 16.1. The molecule has 0 fully saturated rings. The molecule has 0 radical (unpaired) electrons. The van der Waals surface area contributed by atoms with Crippen molar-refractivity contribution in [1.29, 1.82) is 0 Å². The molecule has 0 saturated heterocycles. The van der Waals surface area contributed by atoms with Gasteiger partial charge in [-0.2, -0.15) is 0 Å². The van der Waals surface area contributed by atoms with Crippen LogP contribution >= 0.6 is 27.3 Å². The van der Waals surface area contributed by atoms with E-state index in [-0.39, 0.29) is 5.91 Å². The molecule has 3 nitrogen and oxygen atoms in total. The summed E-state index contributed by atoms with van der Waals surface area (Å²) >= 11 is 4.98. The van der Waals surface area contributed by atoms with Crippen molar-refractivity contribution in [2.75, 3.05) is 11.9 Å². The minimum absolute atomic E-state index is 0.145. The largest absolute Gasteiger partial charge is 0.383 e. The van der Waals surface area contributed by atoms with Crippen molar-refractivity contribution in [3.05, 3.63) is 50.1 Å². The number of thiophene rings is 1. The van der Waals surface area contributed by atoms with Gasteiger partial charge in [0, 0.05) is 23.6 Å². The molecule has 1 aliphatic rings. The fourth-order valence-corrected chi connectivity index (χ4v) is 4.10. The number of aliphatic hydroxyl groups is 1. The number of hydrogen-bond acceptors (Lipinski definition) is 3. The zero-order valence-electron chi connectivity index (χ0n) is 11.0. The van der Waals surface area contributed by atoms with Gasteiger partial charge >= 0.3 is 0 Å². The SMILES string of the molecule is CN1C(=O)CCc2cc(C(O)c3sccc3Br)ccc21. The highest BCUT2D eigenvalue weighted by atomic mass is 79.9. The highest BCUT2D eigenvalue weighted by Crippen LogP contribution is 2.35. The number of benzene rings is 1. The second-order valence-corrected chi connectivity index (χ2v) is 6.68. The molecule has 20 heavy (non-hydrogen) atoms. The predicted octanol–water partition coefficient (Wildman–Crippen LogP) is 3.50. The molecule has 1 aromatic heterocycles. The quantitative estimate of drug-likeness (QED) is 0.899. The molecule has 1 amide bonds. The fourth-order valence-electron chi connectivity index (χ4n) is 2.50. The van der Waals surface area contributed by atoms with Gasteiger partial charge in [0.15, 0.2) is 0 Å². The summed E-state index contributed by atoms with van der Waals surface area (Å²) in [5, 5.41) is 12.4. The van der Waals surface area contributed by atoms with Gasteiger partial charge in [-0.3, -0.25) is 4.79 Å². The van der Waals surface area contributed by atoms with E-state index in [2.05, 4.69) is 15.9 Å². The summed E-state index contributed by atoms with van der Waals surface area (Å²) in [4.78, 5) is 14.3. The number of anilines is 1. The number of carbonyl (C=O) groups is 1. The smallest absolute Gasteiger partial charge is 0.227 e. The lowest BCUT2D eigenvalue weighted by molar-refractivity contribution is -0.118. The van der Waals surface area contributed by atoms with Gasteiger partial charge in [-0.15, -0.1) is 11.3 Å². The third kappa shape index (κ3) is 2.30. The van der Waals surface area contributed by atoms with Crippen molar-refractivity contribution in [2.24, 2.45) is 0 Å². The number of aliphatic hydroxyl groups excluding tert-OH is 1. The second-order valence-electron chi connectivity index (χ2n) is 4.88. The minimum Gasteiger partial charge on any atom is -0.383 e. The van der Waals surface area contributed by atoms with Crippen LogP contribution in [0, 0.1) is 0 Å². The topological polar surface area (TPSA) is 40.5 Å². The van der Waals surface area contributed by atoms with E-state index in [1.807, 2.05) is 29.6 Å². The maximum atomic E-state index is 11.7. The van der Waals surface area contributed by atoms with E-state index in [0.717, 1.165) is 32.6 Å². The lowest BCUT2D eigenvalue weighted by atomic mass is 9.97.